The molecule has 0 aliphatic carbocycles. The molecule has 1 spiro atoms. The highest BCUT2D eigenvalue weighted by Crippen LogP contribution is 2.42. The van der Waals surface area contributed by atoms with Crippen LogP contribution in [0.3, 0.4) is 0 Å². The normalized spacial score (nSPS) is 18.0. The molecule has 0 bridgehead atoms. The summed E-state index contributed by atoms with van der Waals surface area (Å²) >= 11 is 0. The van der Waals surface area contributed by atoms with Gasteiger partial charge in [0.05, 0.1) is 23.7 Å². The largest absolute Gasteiger partial charge is 0.486 e. The number of sulfonamides is 1. The zero-order valence-electron chi connectivity index (χ0n) is 21.3. The fourth-order valence-corrected chi connectivity index (χ4v) is 6.57. The van der Waals surface area contributed by atoms with Gasteiger partial charge in [0, 0.05) is 54.3 Å². The maximum absolute atomic E-state index is 11.7. The van der Waals surface area contributed by atoms with Gasteiger partial charge in [-0.15, -0.1) is 0 Å². The lowest BCUT2D eigenvalue weighted by molar-refractivity contribution is 0.0395. The molecule has 1 aromatic carbocycles. The van der Waals surface area contributed by atoms with E-state index in [9.17, 15) is 8.42 Å². The first kappa shape index (κ1) is 23.8. The molecule has 10 nitrogen and oxygen atoms in total. The summed E-state index contributed by atoms with van der Waals surface area (Å²) in [6.07, 6.45) is 4.69. The molecule has 6 rings (SSSR count). The number of anilines is 1. The SMILES string of the molecule is Cc1cnnc(C)c1[C@H](C)Oc1ccc2[nH]nc(-c3ccc(N4CC5(C4)CN(S(C)(=O)=O)C5)nc3)c2c1. The zero-order chi connectivity index (χ0) is 25.9. The third-order valence-corrected chi connectivity index (χ3v) is 8.61. The molecule has 3 aromatic heterocycles. The molecular formula is C26H29N7O3S. The Labute approximate surface area is 215 Å². The summed E-state index contributed by atoms with van der Waals surface area (Å²) < 4.78 is 31.2. The van der Waals surface area contributed by atoms with Crippen molar-refractivity contribution in [1.82, 2.24) is 29.7 Å². The lowest BCUT2D eigenvalue weighted by Gasteiger charge is -2.59. The minimum absolute atomic E-state index is 0.0682. The molecule has 1 atom stereocenters. The number of hydrogen-bond acceptors (Lipinski definition) is 8. The summed E-state index contributed by atoms with van der Waals surface area (Å²) in [6, 6.07) is 9.93. The molecule has 2 aliphatic rings. The fourth-order valence-electron chi connectivity index (χ4n) is 5.55. The van der Waals surface area contributed by atoms with E-state index < -0.39 is 10.0 Å². The van der Waals surface area contributed by atoms with Crippen LogP contribution in [0.25, 0.3) is 22.2 Å². The van der Waals surface area contributed by atoms with Gasteiger partial charge in [-0.25, -0.2) is 17.7 Å². The van der Waals surface area contributed by atoms with Crippen molar-refractivity contribution in [2.75, 3.05) is 37.3 Å². The molecule has 2 fully saturated rings. The summed E-state index contributed by atoms with van der Waals surface area (Å²) in [7, 11) is -3.10. The number of ether oxygens (including phenoxy) is 1. The number of aryl methyl sites for hydroxylation is 2. The molecule has 1 N–H and O–H groups in total. The molecule has 0 amide bonds. The molecule has 11 heteroatoms. The first-order valence-corrected chi connectivity index (χ1v) is 14.1. The Bertz CT molecular complexity index is 1570. The van der Waals surface area contributed by atoms with E-state index in [1.54, 1.807) is 10.5 Å². The van der Waals surface area contributed by atoms with Crippen LogP contribution in [0.5, 0.6) is 5.75 Å². The Morgan fingerprint density at radius 1 is 1.08 bits per heavy atom. The van der Waals surface area contributed by atoms with Gasteiger partial charge in [0.25, 0.3) is 0 Å². The number of benzene rings is 1. The highest BCUT2D eigenvalue weighted by molar-refractivity contribution is 7.88. The number of pyridine rings is 1. The summed E-state index contributed by atoms with van der Waals surface area (Å²) in [6.45, 7) is 8.81. The highest BCUT2D eigenvalue weighted by atomic mass is 32.2. The smallest absolute Gasteiger partial charge is 0.211 e. The van der Waals surface area contributed by atoms with E-state index in [1.807, 2.05) is 57.3 Å². The minimum atomic E-state index is -3.10. The lowest BCUT2D eigenvalue weighted by Crippen LogP contribution is -2.73. The molecule has 37 heavy (non-hydrogen) atoms. The molecule has 0 unspecified atom stereocenters. The van der Waals surface area contributed by atoms with Gasteiger partial charge in [0.15, 0.2) is 0 Å². The third kappa shape index (κ3) is 4.21. The summed E-state index contributed by atoms with van der Waals surface area (Å²) in [4.78, 5) is 6.87. The topological polar surface area (TPSA) is 117 Å². The van der Waals surface area contributed by atoms with Gasteiger partial charge in [-0.2, -0.15) is 15.3 Å². The number of H-pyrrole nitrogens is 1. The number of nitrogens with zero attached hydrogens (tertiary/aromatic N) is 6. The number of hydrogen-bond donors (Lipinski definition) is 1. The number of fused-ring (bicyclic) bond motifs is 1. The van der Waals surface area contributed by atoms with Crippen molar-refractivity contribution >= 4 is 26.7 Å². The summed E-state index contributed by atoms with van der Waals surface area (Å²) in [5.41, 5.74) is 5.67. The molecule has 0 saturated carbocycles. The first-order valence-electron chi connectivity index (χ1n) is 12.2. The minimum Gasteiger partial charge on any atom is -0.486 e. The molecule has 192 valence electrons. The average Bonchev–Trinajstić information content (AvgIpc) is 3.20. The van der Waals surface area contributed by atoms with Crippen molar-refractivity contribution in [3.05, 3.63) is 59.5 Å². The first-order chi connectivity index (χ1) is 17.6. The second kappa shape index (κ2) is 8.49. The van der Waals surface area contributed by atoms with Crippen molar-refractivity contribution in [2.45, 2.75) is 26.9 Å². The molecule has 0 radical (unpaired) electrons. The summed E-state index contributed by atoms with van der Waals surface area (Å²) in [5, 5.41) is 16.8. The standard InChI is InChI=1S/C26H29N7O3S/c1-16-10-28-29-17(2)24(16)18(3)36-20-6-7-22-21(9-20)25(31-30-22)19-5-8-23(27-11-19)32-12-26(13-32)14-33(15-26)37(4,34)35/h5-11,18H,12-15H2,1-4H3,(H,30,31)/t18-/m0/s1. The quantitative estimate of drug-likeness (QED) is 0.413. The van der Waals surface area contributed by atoms with Crippen molar-refractivity contribution in [1.29, 1.82) is 0 Å². The Hall–Kier alpha value is -3.57. The van der Waals surface area contributed by atoms with Crippen LogP contribution in [0.1, 0.15) is 29.8 Å². The van der Waals surface area contributed by atoms with Gasteiger partial charge in [-0.05, 0) is 56.7 Å². The van der Waals surface area contributed by atoms with E-state index in [0.29, 0.717) is 13.1 Å². The van der Waals surface area contributed by atoms with Crippen LogP contribution >= 0.6 is 0 Å². The van der Waals surface area contributed by atoms with E-state index in [0.717, 1.165) is 63.6 Å². The lowest BCUT2D eigenvalue weighted by atomic mass is 9.74. The van der Waals surface area contributed by atoms with Crippen molar-refractivity contribution in [3.63, 3.8) is 0 Å². The van der Waals surface area contributed by atoms with E-state index >= 15 is 0 Å². The van der Waals surface area contributed by atoms with Gasteiger partial charge in [-0.3, -0.25) is 5.10 Å². The third-order valence-electron chi connectivity index (χ3n) is 7.42. The van der Waals surface area contributed by atoms with Crippen LogP contribution in [-0.4, -0.2) is 70.5 Å². The monoisotopic (exact) mass is 519 g/mol. The maximum Gasteiger partial charge on any atom is 0.211 e. The highest BCUT2D eigenvalue weighted by Gasteiger charge is 2.54. The van der Waals surface area contributed by atoms with Crippen LogP contribution in [0.15, 0.2) is 42.7 Å². The Morgan fingerprint density at radius 3 is 2.54 bits per heavy atom. The number of nitrogens with one attached hydrogen (secondary N) is 1. The van der Waals surface area contributed by atoms with Gasteiger partial charge < -0.3 is 9.64 Å². The van der Waals surface area contributed by atoms with Gasteiger partial charge in [-0.1, -0.05) is 0 Å². The zero-order valence-corrected chi connectivity index (χ0v) is 22.1. The number of rotatable bonds is 6. The second-order valence-electron chi connectivity index (χ2n) is 10.4. The van der Waals surface area contributed by atoms with Crippen LogP contribution < -0.4 is 9.64 Å². The summed E-state index contributed by atoms with van der Waals surface area (Å²) in [5.74, 6) is 1.64. The predicted molar refractivity (Wildman–Crippen MR) is 141 cm³/mol. The van der Waals surface area contributed by atoms with E-state index in [-0.39, 0.29) is 11.5 Å². The van der Waals surface area contributed by atoms with Crippen molar-refractivity contribution < 1.29 is 13.2 Å². The van der Waals surface area contributed by atoms with Gasteiger partial charge in [0.1, 0.15) is 23.4 Å². The van der Waals surface area contributed by atoms with Crippen molar-refractivity contribution in [3.8, 4) is 17.0 Å². The van der Waals surface area contributed by atoms with Gasteiger partial charge in [0.2, 0.25) is 10.0 Å². The molecule has 4 aromatic rings. The molecule has 2 aliphatic heterocycles. The Balaban J connectivity index is 1.18. The predicted octanol–water partition coefficient (Wildman–Crippen LogP) is 3.25. The Morgan fingerprint density at radius 2 is 1.86 bits per heavy atom. The fraction of sp³-hybridized carbons (Fsp3) is 0.385. The van der Waals surface area contributed by atoms with E-state index in [4.69, 9.17) is 4.74 Å². The van der Waals surface area contributed by atoms with Crippen molar-refractivity contribution in [2.24, 2.45) is 5.41 Å². The number of aromatic amines is 1. The van der Waals surface area contributed by atoms with Crippen LogP contribution in [0.4, 0.5) is 5.82 Å². The Kier molecular flexibility index (Phi) is 5.46. The molecule has 2 saturated heterocycles. The van der Waals surface area contributed by atoms with E-state index in [2.05, 4.69) is 30.3 Å². The van der Waals surface area contributed by atoms with Crippen LogP contribution in [0, 0.1) is 19.3 Å². The van der Waals surface area contributed by atoms with Crippen LogP contribution in [0.2, 0.25) is 0 Å². The van der Waals surface area contributed by atoms with Gasteiger partial charge >= 0.3 is 0 Å². The second-order valence-corrected chi connectivity index (χ2v) is 12.3. The maximum atomic E-state index is 11.7. The number of aromatic nitrogens is 5. The molecule has 5 heterocycles. The average molecular weight is 520 g/mol. The van der Waals surface area contributed by atoms with E-state index in [1.165, 1.54) is 6.26 Å². The van der Waals surface area contributed by atoms with Crippen LogP contribution in [-0.2, 0) is 10.0 Å². The molecular weight excluding hydrogens is 490 g/mol.